The molecule has 0 N–H and O–H groups in total. The van der Waals surface area contributed by atoms with Gasteiger partial charge in [0.2, 0.25) is 0 Å². The van der Waals surface area contributed by atoms with Gasteiger partial charge in [-0.2, -0.15) is 18.1 Å². The normalized spacial score (nSPS) is 18.9. The summed E-state index contributed by atoms with van der Waals surface area (Å²) in [5.41, 5.74) is 12.0. The van der Waals surface area contributed by atoms with Crippen molar-refractivity contribution < 1.29 is 51.0 Å². The molecule has 1 unspecified atom stereocenters. The van der Waals surface area contributed by atoms with Crippen LogP contribution in [-0.4, -0.2) is 0 Å². The van der Waals surface area contributed by atoms with Gasteiger partial charge < -0.3 is 24.8 Å². The fraction of sp³-hybridized carbons (Fsp3) is 0.419. The zero-order valence-corrected chi connectivity index (χ0v) is 34.0. The number of fused-ring (bicyclic) bond motifs is 1. The predicted octanol–water partition coefficient (Wildman–Crippen LogP) is 5.70. The Hall–Kier alpha value is -1.79. The van der Waals surface area contributed by atoms with Crippen LogP contribution in [0.5, 0.6) is 0 Å². The standard InChI is InChI=1S/C43H53.2ClH.Zr/c1-29(2)42(12)26-32-25-31(30-13-15-33(16-14-30)39(3,4)5)27-43(38(32)28-42,36-21-17-34(18-22-36)40(6,7)8)37-23-19-35(20-24-37)41(9,10)11;;;/h13-29H,1-12H3;2*1H;/q-1;;;+3/p-2. The third kappa shape index (κ3) is 7.59. The molecule has 0 spiro atoms. The van der Waals surface area contributed by atoms with Crippen molar-refractivity contribution in [2.24, 2.45) is 11.3 Å². The molecule has 0 heterocycles. The van der Waals surface area contributed by atoms with Crippen molar-refractivity contribution in [2.75, 3.05) is 0 Å². The number of rotatable bonds is 4. The van der Waals surface area contributed by atoms with Gasteiger partial charge in [-0.05, 0) is 61.0 Å². The summed E-state index contributed by atoms with van der Waals surface area (Å²) >= 11 is 0. The summed E-state index contributed by atoms with van der Waals surface area (Å²) in [5.74, 6) is 0.491. The van der Waals surface area contributed by atoms with E-state index >= 15 is 0 Å². The van der Waals surface area contributed by atoms with Crippen molar-refractivity contribution >= 4 is 5.57 Å². The van der Waals surface area contributed by atoms with Crippen LogP contribution < -0.4 is 24.8 Å². The van der Waals surface area contributed by atoms with E-state index in [1.165, 1.54) is 50.1 Å². The molecule has 46 heavy (non-hydrogen) atoms. The van der Waals surface area contributed by atoms with E-state index in [-0.39, 0.29) is 72.7 Å². The van der Waals surface area contributed by atoms with Crippen LogP contribution >= 0.6 is 0 Å². The van der Waals surface area contributed by atoms with Gasteiger partial charge >= 0.3 is 26.2 Å². The summed E-state index contributed by atoms with van der Waals surface area (Å²) < 4.78 is 0. The van der Waals surface area contributed by atoms with Crippen LogP contribution in [0.25, 0.3) is 5.57 Å². The average molecular weight is 732 g/mol. The molecule has 1 atom stereocenters. The van der Waals surface area contributed by atoms with Crippen molar-refractivity contribution in [3.63, 3.8) is 0 Å². The molecule has 3 aromatic carbocycles. The number of benzene rings is 3. The monoisotopic (exact) mass is 729 g/mol. The maximum atomic E-state index is 2.58. The molecule has 2 aliphatic carbocycles. The molecule has 243 valence electrons. The maximum absolute atomic E-state index is 2.58. The van der Waals surface area contributed by atoms with Crippen molar-refractivity contribution in [2.45, 2.75) is 105 Å². The molecule has 3 aromatic rings. The molecule has 0 nitrogen and oxygen atoms in total. The van der Waals surface area contributed by atoms with Gasteiger partial charge in [-0.3, -0.25) is 0 Å². The molecule has 1 radical (unpaired) electrons. The first-order valence-electron chi connectivity index (χ1n) is 16.2. The van der Waals surface area contributed by atoms with Crippen LogP contribution in [0.1, 0.15) is 116 Å². The first-order chi connectivity index (χ1) is 19.8. The minimum absolute atomic E-state index is 0. The topological polar surface area (TPSA) is 0 Å². The van der Waals surface area contributed by atoms with Crippen molar-refractivity contribution in [1.82, 2.24) is 0 Å². The summed E-state index contributed by atoms with van der Waals surface area (Å²) in [6.45, 7) is 27.7. The van der Waals surface area contributed by atoms with Gasteiger partial charge in [0.1, 0.15) is 0 Å². The van der Waals surface area contributed by atoms with Gasteiger partial charge in [-0.15, -0.1) is 11.6 Å². The SMILES string of the molecule is CC(C)C1(C)C=C2C(=CC(c3ccc(C(C)(C)C)cc3)=CC2(c2ccc(C(C)(C)C)cc2)c2ccc(C(C)(C)C)cc2)[CH-]1.[Cl-].[Cl-].[Zr+3]. The second-order valence-corrected chi connectivity index (χ2v) is 16.7. The molecule has 0 bridgehead atoms. The first-order valence-corrected chi connectivity index (χ1v) is 16.2. The average Bonchev–Trinajstić information content (AvgIpc) is 3.29. The Morgan fingerprint density at radius 3 is 1.28 bits per heavy atom. The second-order valence-electron chi connectivity index (χ2n) is 16.7. The number of hydrogen-bond donors (Lipinski definition) is 0. The van der Waals surface area contributed by atoms with Crippen LogP contribution in [0.15, 0.2) is 102 Å². The fourth-order valence-electron chi connectivity index (χ4n) is 6.60. The van der Waals surface area contributed by atoms with E-state index < -0.39 is 5.41 Å². The number of halogens is 2. The van der Waals surface area contributed by atoms with Gasteiger partial charge in [0.05, 0.1) is 0 Å². The molecule has 3 heteroatoms. The Morgan fingerprint density at radius 1 is 0.565 bits per heavy atom. The van der Waals surface area contributed by atoms with E-state index in [9.17, 15) is 0 Å². The molecule has 0 fully saturated rings. The minimum atomic E-state index is -0.405. The second kappa shape index (κ2) is 14.0. The van der Waals surface area contributed by atoms with E-state index in [1.54, 1.807) is 0 Å². The number of hydrogen-bond acceptors (Lipinski definition) is 0. The quantitative estimate of drug-likeness (QED) is 0.303. The fourth-order valence-corrected chi connectivity index (χ4v) is 6.60. The molecular weight excluding hydrogens is 679 g/mol. The van der Waals surface area contributed by atoms with Gasteiger partial charge in [-0.25, -0.2) is 0 Å². The summed E-state index contributed by atoms with van der Waals surface area (Å²) in [5, 5.41) is 0. The van der Waals surface area contributed by atoms with Gasteiger partial charge in [-0.1, -0.05) is 168 Å². The molecule has 2 aliphatic rings. The summed E-state index contributed by atoms with van der Waals surface area (Å²) in [6.07, 6.45) is 10.1. The van der Waals surface area contributed by atoms with Crippen LogP contribution in [0.3, 0.4) is 0 Å². The Labute approximate surface area is 312 Å². The molecular formula is C43H53Cl2Zr. The van der Waals surface area contributed by atoms with E-state index in [0.717, 1.165) is 0 Å². The molecule has 0 amide bonds. The van der Waals surface area contributed by atoms with E-state index in [1.807, 2.05) is 0 Å². The van der Waals surface area contributed by atoms with Gasteiger partial charge in [0, 0.05) is 5.41 Å². The molecule has 0 saturated carbocycles. The van der Waals surface area contributed by atoms with Crippen LogP contribution in [0.4, 0.5) is 0 Å². The summed E-state index contributed by atoms with van der Waals surface area (Å²) in [4.78, 5) is 0. The van der Waals surface area contributed by atoms with E-state index in [4.69, 9.17) is 0 Å². The Bertz CT molecular complexity index is 1520. The van der Waals surface area contributed by atoms with Crippen molar-refractivity contribution in [3.05, 3.63) is 142 Å². The summed E-state index contributed by atoms with van der Waals surface area (Å²) in [7, 11) is 0. The van der Waals surface area contributed by atoms with Crippen LogP contribution in [0.2, 0.25) is 0 Å². The summed E-state index contributed by atoms with van der Waals surface area (Å²) in [6, 6.07) is 28.3. The smallest absolute Gasteiger partial charge is 1.00 e. The zero-order valence-electron chi connectivity index (χ0n) is 30.1. The van der Waals surface area contributed by atoms with Gasteiger partial charge in [0.15, 0.2) is 0 Å². The third-order valence-corrected chi connectivity index (χ3v) is 10.1. The van der Waals surface area contributed by atoms with Crippen LogP contribution in [-0.2, 0) is 47.9 Å². The van der Waals surface area contributed by atoms with E-state index in [2.05, 4.69) is 181 Å². The number of allylic oxidation sites excluding steroid dienone is 6. The van der Waals surface area contributed by atoms with E-state index in [0.29, 0.717) is 5.92 Å². The minimum Gasteiger partial charge on any atom is -1.00 e. The molecule has 0 saturated heterocycles. The third-order valence-electron chi connectivity index (χ3n) is 10.1. The van der Waals surface area contributed by atoms with Crippen LogP contribution in [0, 0.1) is 17.8 Å². The van der Waals surface area contributed by atoms with Crippen molar-refractivity contribution in [1.29, 1.82) is 0 Å². The molecule has 5 rings (SSSR count). The Kier molecular flexibility index (Phi) is 12.3. The zero-order chi connectivity index (χ0) is 31.6. The van der Waals surface area contributed by atoms with Gasteiger partial charge in [0.25, 0.3) is 0 Å². The largest absolute Gasteiger partial charge is 3.00 e. The molecule has 0 aromatic heterocycles. The Balaban J connectivity index is 0.00000245. The van der Waals surface area contributed by atoms with Crippen molar-refractivity contribution in [3.8, 4) is 0 Å². The maximum Gasteiger partial charge on any atom is 3.00 e. The Morgan fingerprint density at radius 2 is 0.935 bits per heavy atom. The molecule has 0 aliphatic heterocycles. The first kappa shape index (κ1) is 40.4. The predicted molar refractivity (Wildman–Crippen MR) is 188 cm³/mol.